The lowest BCUT2D eigenvalue weighted by molar-refractivity contribution is -0.123. The molecule has 3 aromatic rings. The lowest BCUT2D eigenvalue weighted by Gasteiger charge is -2.33. The standard InChI is InChI=1S/C23H23ClFN5O3S/c1-23(2,3)28-21(32)18(12-4-6-13(24)7-5-12)30(15-10-8-14(25)9-11-15)22(33)19-16(26)17(20(27)31)29-34-19/h4-11,18H,26H2,1-3H3,(H2,27,31)(H,28,32)/t18-/m1/s1. The largest absolute Gasteiger partial charge is 0.395 e. The van der Waals surface area contributed by atoms with Gasteiger partial charge in [0.2, 0.25) is 5.91 Å². The molecular weight excluding hydrogens is 481 g/mol. The van der Waals surface area contributed by atoms with E-state index in [1.165, 1.54) is 29.2 Å². The molecule has 1 heterocycles. The number of primary amides is 1. The van der Waals surface area contributed by atoms with E-state index in [1.807, 2.05) is 0 Å². The number of hydrogen-bond acceptors (Lipinski definition) is 6. The Bertz CT molecular complexity index is 1220. The van der Waals surface area contributed by atoms with Gasteiger partial charge in [-0.3, -0.25) is 19.3 Å². The molecular formula is C23H23ClFN5O3S. The van der Waals surface area contributed by atoms with Gasteiger partial charge in [0.05, 0.1) is 5.69 Å². The van der Waals surface area contributed by atoms with Crippen molar-refractivity contribution in [3.05, 3.63) is 75.5 Å². The number of nitrogens with two attached hydrogens (primary N) is 2. The molecule has 178 valence electrons. The summed E-state index contributed by atoms with van der Waals surface area (Å²) in [6.45, 7) is 5.40. The summed E-state index contributed by atoms with van der Waals surface area (Å²) in [4.78, 5) is 40.1. The molecule has 11 heteroatoms. The Morgan fingerprint density at radius 2 is 1.68 bits per heavy atom. The second-order valence-corrected chi connectivity index (χ2v) is 9.69. The molecule has 3 rings (SSSR count). The van der Waals surface area contributed by atoms with Gasteiger partial charge in [0, 0.05) is 16.2 Å². The first-order valence-electron chi connectivity index (χ1n) is 10.1. The van der Waals surface area contributed by atoms with Crippen LogP contribution in [0.25, 0.3) is 0 Å². The fourth-order valence-electron chi connectivity index (χ4n) is 3.22. The highest BCUT2D eigenvalue weighted by Crippen LogP contribution is 2.34. The number of anilines is 2. The van der Waals surface area contributed by atoms with Gasteiger partial charge in [-0.25, -0.2) is 4.39 Å². The average molecular weight is 504 g/mol. The molecule has 8 nitrogen and oxygen atoms in total. The zero-order chi connectivity index (χ0) is 25.2. The third-order valence-electron chi connectivity index (χ3n) is 4.67. The Morgan fingerprint density at radius 1 is 1.09 bits per heavy atom. The van der Waals surface area contributed by atoms with Crippen LogP contribution in [-0.4, -0.2) is 27.6 Å². The molecule has 0 aliphatic heterocycles. The normalized spacial score (nSPS) is 12.1. The van der Waals surface area contributed by atoms with Crippen molar-refractivity contribution in [2.45, 2.75) is 32.4 Å². The highest BCUT2D eigenvalue weighted by Gasteiger charge is 2.37. The molecule has 1 aromatic heterocycles. The smallest absolute Gasteiger partial charge is 0.273 e. The molecule has 0 saturated heterocycles. The van der Waals surface area contributed by atoms with Gasteiger partial charge in [0.1, 0.15) is 16.7 Å². The summed E-state index contributed by atoms with van der Waals surface area (Å²) in [6, 6.07) is 10.3. The van der Waals surface area contributed by atoms with Crippen LogP contribution in [0, 0.1) is 5.82 Å². The summed E-state index contributed by atoms with van der Waals surface area (Å²) < 4.78 is 17.6. The van der Waals surface area contributed by atoms with Crippen molar-refractivity contribution in [1.29, 1.82) is 0 Å². The number of rotatable bonds is 6. The van der Waals surface area contributed by atoms with Crippen molar-refractivity contribution in [3.63, 3.8) is 0 Å². The Labute approximate surface area is 204 Å². The summed E-state index contributed by atoms with van der Waals surface area (Å²) in [5, 5.41) is 3.32. The highest BCUT2D eigenvalue weighted by atomic mass is 35.5. The third-order valence-corrected chi connectivity index (χ3v) is 5.77. The van der Waals surface area contributed by atoms with E-state index in [0.717, 1.165) is 0 Å². The molecule has 34 heavy (non-hydrogen) atoms. The fourth-order valence-corrected chi connectivity index (χ4v) is 4.09. The summed E-state index contributed by atoms with van der Waals surface area (Å²) in [7, 11) is 0. The topological polar surface area (TPSA) is 131 Å². The Hall–Kier alpha value is -3.50. The van der Waals surface area contributed by atoms with E-state index in [0.29, 0.717) is 22.1 Å². The van der Waals surface area contributed by atoms with Crippen LogP contribution in [-0.2, 0) is 4.79 Å². The molecule has 1 atom stereocenters. The van der Waals surface area contributed by atoms with Gasteiger partial charge in [-0.1, -0.05) is 23.7 Å². The molecule has 0 fully saturated rings. The van der Waals surface area contributed by atoms with Crippen molar-refractivity contribution in [3.8, 4) is 0 Å². The minimum Gasteiger partial charge on any atom is -0.395 e. The first-order chi connectivity index (χ1) is 15.9. The Kier molecular flexibility index (Phi) is 7.23. The molecule has 5 N–H and O–H groups in total. The minimum atomic E-state index is -1.19. The summed E-state index contributed by atoms with van der Waals surface area (Å²) in [5.41, 5.74) is 10.9. The van der Waals surface area contributed by atoms with Crippen LogP contribution in [0.3, 0.4) is 0 Å². The van der Waals surface area contributed by atoms with Gasteiger partial charge in [-0.2, -0.15) is 4.37 Å². The van der Waals surface area contributed by atoms with Crippen LogP contribution in [0.4, 0.5) is 15.8 Å². The van der Waals surface area contributed by atoms with E-state index in [4.69, 9.17) is 23.1 Å². The number of carbonyl (C=O) groups excluding carboxylic acids is 3. The summed E-state index contributed by atoms with van der Waals surface area (Å²) in [6.07, 6.45) is 0. The minimum absolute atomic E-state index is 0.0827. The monoisotopic (exact) mass is 503 g/mol. The van der Waals surface area contributed by atoms with Crippen LogP contribution in [0.15, 0.2) is 48.5 Å². The molecule has 0 spiro atoms. The number of nitrogens with one attached hydrogen (secondary N) is 1. The van der Waals surface area contributed by atoms with Crippen LogP contribution < -0.4 is 21.7 Å². The first kappa shape index (κ1) is 25.1. The van der Waals surface area contributed by atoms with Crippen LogP contribution in [0.5, 0.6) is 0 Å². The number of halogens is 2. The Balaban J connectivity index is 2.22. The zero-order valence-electron chi connectivity index (χ0n) is 18.6. The number of carbonyl (C=O) groups is 3. The average Bonchev–Trinajstić information content (AvgIpc) is 3.13. The lowest BCUT2D eigenvalue weighted by atomic mass is 10.0. The molecule has 0 aliphatic rings. The van der Waals surface area contributed by atoms with Crippen LogP contribution >= 0.6 is 23.1 Å². The Morgan fingerprint density at radius 3 is 2.18 bits per heavy atom. The van der Waals surface area contributed by atoms with E-state index in [1.54, 1.807) is 45.0 Å². The number of nitrogen functional groups attached to an aromatic ring is 1. The van der Waals surface area contributed by atoms with Crippen molar-refractivity contribution >= 4 is 52.2 Å². The van der Waals surface area contributed by atoms with Crippen molar-refractivity contribution in [2.24, 2.45) is 5.73 Å². The van der Waals surface area contributed by atoms with Gasteiger partial charge in [0.25, 0.3) is 11.8 Å². The quantitative estimate of drug-likeness (QED) is 0.469. The fraction of sp³-hybridized carbons (Fsp3) is 0.217. The third kappa shape index (κ3) is 5.52. The number of hydrogen-bond donors (Lipinski definition) is 3. The van der Waals surface area contributed by atoms with Crippen LogP contribution in [0.1, 0.15) is 52.5 Å². The zero-order valence-corrected chi connectivity index (χ0v) is 20.2. The second kappa shape index (κ2) is 9.78. The number of nitrogens with zero attached hydrogens (tertiary/aromatic N) is 2. The highest BCUT2D eigenvalue weighted by molar-refractivity contribution is 7.09. The maximum absolute atomic E-state index is 13.8. The number of aromatic nitrogens is 1. The maximum Gasteiger partial charge on any atom is 0.273 e. The second-order valence-electron chi connectivity index (χ2n) is 8.48. The lowest BCUT2D eigenvalue weighted by Crippen LogP contribution is -2.49. The van der Waals surface area contributed by atoms with Crippen LogP contribution in [0.2, 0.25) is 5.02 Å². The molecule has 2 aromatic carbocycles. The predicted octanol–water partition coefficient (Wildman–Crippen LogP) is 3.92. The van der Waals surface area contributed by atoms with Gasteiger partial charge in [-0.15, -0.1) is 0 Å². The summed E-state index contributed by atoms with van der Waals surface area (Å²) >= 11 is 6.72. The van der Waals surface area contributed by atoms with E-state index < -0.39 is 35.1 Å². The molecule has 0 unspecified atom stereocenters. The van der Waals surface area contributed by atoms with Crippen molar-refractivity contribution in [1.82, 2.24) is 9.69 Å². The van der Waals surface area contributed by atoms with Gasteiger partial charge >= 0.3 is 0 Å². The first-order valence-corrected chi connectivity index (χ1v) is 11.3. The van der Waals surface area contributed by atoms with Crippen molar-refractivity contribution in [2.75, 3.05) is 10.6 Å². The van der Waals surface area contributed by atoms with E-state index in [9.17, 15) is 18.8 Å². The molecule has 0 saturated carbocycles. The predicted molar refractivity (Wildman–Crippen MR) is 130 cm³/mol. The van der Waals surface area contributed by atoms with E-state index in [2.05, 4.69) is 9.69 Å². The maximum atomic E-state index is 13.8. The molecule has 0 radical (unpaired) electrons. The molecule has 0 aliphatic carbocycles. The van der Waals surface area contributed by atoms with Gasteiger partial charge < -0.3 is 16.8 Å². The van der Waals surface area contributed by atoms with Crippen molar-refractivity contribution < 1.29 is 18.8 Å². The summed E-state index contributed by atoms with van der Waals surface area (Å²) in [5.74, 6) is -2.61. The van der Waals surface area contributed by atoms with Gasteiger partial charge in [-0.05, 0) is 74.3 Å². The SMILES string of the molecule is CC(C)(C)NC(=O)[C@@H](c1ccc(Cl)cc1)N(C(=O)c1snc(C(N)=O)c1N)c1ccc(F)cc1. The molecule has 0 bridgehead atoms. The molecule has 3 amide bonds. The van der Waals surface area contributed by atoms with E-state index >= 15 is 0 Å². The number of amides is 3. The van der Waals surface area contributed by atoms with E-state index in [-0.39, 0.29) is 21.9 Å². The van der Waals surface area contributed by atoms with Gasteiger partial charge in [0.15, 0.2) is 5.69 Å². The number of benzene rings is 2.